The normalized spacial score (nSPS) is 22.1. The number of carboxylic acid groups (broad SMARTS) is 1. The number of amides is 3. The molecular formula is C18H19N3O6S. The summed E-state index contributed by atoms with van der Waals surface area (Å²) in [5.74, 6) is -2.26. The number of aromatic hydroxyl groups is 1. The highest BCUT2D eigenvalue weighted by atomic mass is 32.2. The zero-order valence-corrected chi connectivity index (χ0v) is 15.9. The van der Waals surface area contributed by atoms with Gasteiger partial charge in [-0.2, -0.15) is 0 Å². The van der Waals surface area contributed by atoms with Crippen molar-refractivity contribution in [3.63, 3.8) is 0 Å². The smallest absolute Gasteiger partial charge is 0.352 e. The minimum atomic E-state index is -1.18. The van der Waals surface area contributed by atoms with Crippen LogP contribution in [0.2, 0.25) is 0 Å². The second-order valence-electron chi connectivity index (χ2n) is 6.56. The maximum atomic E-state index is 12.8. The lowest BCUT2D eigenvalue weighted by Gasteiger charge is -2.49. The van der Waals surface area contributed by atoms with E-state index in [0.717, 1.165) is 0 Å². The van der Waals surface area contributed by atoms with Crippen LogP contribution in [0, 0.1) is 0 Å². The maximum Gasteiger partial charge on any atom is 0.352 e. The van der Waals surface area contributed by atoms with Crippen LogP contribution in [0.4, 0.5) is 0 Å². The number of carbonyl (C=O) groups is 4. The van der Waals surface area contributed by atoms with Crippen LogP contribution >= 0.6 is 11.8 Å². The number of fused-ring (bicyclic) bond motifs is 1. The molecule has 0 bridgehead atoms. The molecule has 10 heteroatoms. The molecule has 3 amide bonds. The molecule has 0 saturated carbocycles. The van der Waals surface area contributed by atoms with Gasteiger partial charge in [-0.05, 0) is 30.2 Å². The third kappa shape index (κ3) is 3.55. The molecule has 3 atom stereocenters. The predicted octanol–water partition coefficient (Wildman–Crippen LogP) is 0.328. The van der Waals surface area contributed by atoms with E-state index in [0.29, 0.717) is 16.9 Å². The summed E-state index contributed by atoms with van der Waals surface area (Å²) in [5, 5.41) is 23.4. The van der Waals surface area contributed by atoms with E-state index in [1.165, 1.54) is 47.9 Å². The van der Waals surface area contributed by atoms with Gasteiger partial charge in [-0.1, -0.05) is 12.1 Å². The third-order valence-electron chi connectivity index (χ3n) is 4.50. The van der Waals surface area contributed by atoms with Crippen molar-refractivity contribution in [3.8, 4) is 5.75 Å². The number of hydrogen-bond acceptors (Lipinski definition) is 6. The van der Waals surface area contributed by atoms with Crippen molar-refractivity contribution >= 4 is 35.5 Å². The molecule has 9 nitrogen and oxygen atoms in total. The molecular weight excluding hydrogens is 386 g/mol. The van der Waals surface area contributed by atoms with E-state index in [9.17, 15) is 29.4 Å². The molecule has 2 heterocycles. The Bertz CT molecular complexity index is 882. The van der Waals surface area contributed by atoms with Crippen LogP contribution in [0.1, 0.15) is 25.5 Å². The number of nitrogens with zero attached hydrogens (tertiary/aromatic N) is 1. The largest absolute Gasteiger partial charge is 0.508 e. The molecule has 28 heavy (non-hydrogen) atoms. The van der Waals surface area contributed by atoms with Crippen molar-refractivity contribution in [2.24, 2.45) is 0 Å². The average molecular weight is 405 g/mol. The van der Waals surface area contributed by atoms with Gasteiger partial charge in [-0.25, -0.2) is 4.79 Å². The number of carbonyl (C=O) groups excluding carboxylic acids is 3. The van der Waals surface area contributed by atoms with Gasteiger partial charge in [-0.15, -0.1) is 11.8 Å². The molecule has 0 unspecified atom stereocenters. The predicted molar refractivity (Wildman–Crippen MR) is 100 cm³/mol. The quantitative estimate of drug-likeness (QED) is 0.518. The fraction of sp³-hybridized carbons (Fsp3) is 0.333. The topological polar surface area (TPSA) is 136 Å². The summed E-state index contributed by atoms with van der Waals surface area (Å²) in [6.45, 7) is 2.92. The first kappa shape index (κ1) is 19.7. The molecule has 2 aliphatic rings. The Morgan fingerprint density at radius 1 is 1.25 bits per heavy atom. The second kappa shape index (κ2) is 7.55. The van der Waals surface area contributed by atoms with Crippen LogP contribution in [-0.2, 0) is 19.2 Å². The lowest BCUT2D eigenvalue weighted by molar-refractivity contribution is -0.151. The van der Waals surface area contributed by atoms with Crippen molar-refractivity contribution < 1.29 is 29.4 Å². The number of phenols is 1. The van der Waals surface area contributed by atoms with Gasteiger partial charge in [0.15, 0.2) is 0 Å². The van der Waals surface area contributed by atoms with Crippen LogP contribution in [-0.4, -0.2) is 56.0 Å². The monoisotopic (exact) mass is 405 g/mol. The Hall–Kier alpha value is -3.01. The van der Waals surface area contributed by atoms with Crippen LogP contribution in [0.15, 0.2) is 35.5 Å². The SMILES string of the molecule is CC(=O)N[C@@H](C(=O)N[C@@H]1C(=O)N2C(C(=O)O)=C(C)CS[C@H]12)c1ccc(O)cc1. The van der Waals surface area contributed by atoms with Crippen molar-refractivity contribution in [2.75, 3.05) is 5.75 Å². The highest BCUT2D eigenvalue weighted by Crippen LogP contribution is 2.40. The van der Waals surface area contributed by atoms with Crippen LogP contribution < -0.4 is 10.6 Å². The number of benzene rings is 1. The van der Waals surface area contributed by atoms with Gasteiger partial charge in [0.05, 0.1) is 0 Å². The van der Waals surface area contributed by atoms with Gasteiger partial charge in [-0.3, -0.25) is 19.3 Å². The van der Waals surface area contributed by atoms with Gasteiger partial charge in [0.2, 0.25) is 11.8 Å². The van der Waals surface area contributed by atoms with E-state index in [1.807, 2.05) is 0 Å². The first-order chi connectivity index (χ1) is 13.2. The van der Waals surface area contributed by atoms with E-state index >= 15 is 0 Å². The zero-order valence-electron chi connectivity index (χ0n) is 15.1. The molecule has 0 spiro atoms. The molecule has 0 aliphatic carbocycles. The highest BCUT2D eigenvalue weighted by Gasteiger charge is 2.54. The molecule has 148 valence electrons. The number of carboxylic acids is 1. The van der Waals surface area contributed by atoms with Gasteiger partial charge < -0.3 is 20.8 Å². The number of hydrogen-bond donors (Lipinski definition) is 4. The molecule has 4 N–H and O–H groups in total. The minimum absolute atomic E-state index is 0.0116. The Balaban J connectivity index is 1.78. The zero-order chi connectivity index (χ0) is 20.6. The molecule has 3 rings (SSSR count). The first-order valence-corrected chi connectivity index (χ1v) is 9.49. The van der Waals surface area contributed by atoms with Gasteiger partial charge in [0.25, 0.3) is 5.91 Å². The summed E-state index contributed by atoms with van der Waals surface area (Å²) in [7, 11) is 0. The number of thioether (sulfide) groups is 1. The Morgan fingerprint density at radius 3 is 2.46 bits per heavy atom. The van der Waals surface area contributed by atoms with E-state index in [4.69, 9.17) is 0 Å². The molecule has 0 aromatic heterocycles. The molecule has 1 saturated heterocycles. The summed E-state index contributed by atoms with van der Waals surface area (Å²) in [4.78, 5) is 49.4. The van der Waals surface area contributed by atoms with Crippen LogP contribution in [0.25, 0.3) is 0 Å². The van der Waals surface area contributed by atoms with Gasteiger partial charge >= 0.3 is 5.97 Å². The van der Waals surface area contributed by atoms with E-state index < -0.39 is 41.1 Å². The van der Waals surface area contributed by atoms with E-state index in [-0.39, 0.29) is 11.4 Å². The number of aliphatic carboxylic acids is 1. The average Bonchev–Trinajstić information content (AvgIpc) is 2.64. The third-order valence-corrected chi connectivity index (χ3v) is 5.92. The summed E-state index contributed by atoms with van der Waals surface area (Å²) < 4.78 is 0. The summed E-state index contributed by atoms with van der Waals surface area (Å²) in [6, 6.07) is 3.83. The lowest BCUT2D eigenvalue weighted by Crippen LogP contribution is -2.71. The van der Waals surface area contributed by atoms with Crippen molar-refractivity contribution in [1.29, 1.82) is 0 Å². The van der Waals surface area contributed by atoms with Crippen molar-refractivity contribution in [2.45, 2.75) is 31.3 Å². The molecule has 1 fully saturated rings. The number of rotatable bonds is 5. The molecule has 0 radical (unpaired) electrons. The van der Waals surface area contributed by atoms with Crippen molar-refractivity contribution in [1.82, 2.24) is 15.5 Å². The summed E-state index contributed by atoms with van der Waals surface area (Å²) in [6.07, 6.45) is 0. The second-order valence-corrected chi connectivity index (χ2v) is 7.66. The standard InChI is InChI=1S/C18H19N3O6S/c1-8-7-28-17-13(16(25)21(17)14(8)18(26)27)20-15(24)12(19-9(2)22)10-3-5-11(23)6-4-10/h3-6,12-13,17,23H,7H2,1-2H3,(H,19,22)(H,20,24)(H,26,27)/t12-,13-,17-/m1/s1. The number of phenolic OH excluding ortho intramolecular Hbond substituents is 1. The molecule has 1 aromatic carbocycles. The number of β-lactam (4-membered cyclic amide) rings is 1. The lowest BCUT2D eigenvalue weighted by atomic mass is 10.0. The summed E-state index contributed by atoms with van der Waals surface area (Å²) in [5.41, 5.74) is 0.982. The fourth-order valence-corrected chi connectivity index (χ4v) is 4.47. The fourth-order valence-electron chi connectivity index (χ4n) is 3.18. The van der Waals surface area contributed by atoms with Gasteiger partial charge in [0.1, 0.15) is 28.9 Å². The van der Waals surface area contributed by atoms with E-state index in [2.05, 4.69) is 10.6 Å². The first-order valence-electron chi connectivity index (χ1n) is 8.45. The minimum Gasteiger partial charge on any atom is -0.508 e. The van der Waals surface area contributed by atoms with Crippen molar-refractivity contribution in [3.05, 3.63) is 41.1 Å². The van der Waals surface area contributed by atoms with Crippen LogP contribution in [0.5, 0.6) is 5.75 Å². The number of nitrogens with one attached hydrogen (secondary N) is 2. The summed E-state index contributed by atoms with van der Waals surface area (Å²) >= 11 is 1.37. The molecule has 2 aliphatic heterocycles. The maximum absolute atomic E-state index is 12.8. The van der Waals surface area contributed by atoms with Crippen LogP contribution in [0.3, 0.4) is 0 Å². The highest BCUT2D eigenvalue weighted by molar-refractivity contribution is 8.00. The Labute approximate surface area is 164 Å². The van der Waals surface area contributed by atoms with Gasteiger partial charge in [0, 0.05) is 12.7 Å². The Kier molecular flexibility index (Phi) is 5.32. The molecule has 1 aromatic rings. The Morgan fingerprint density at radius 2 is 1.89 bits per heavy atom. The van der Waals surface area contributed by atoms with E-state index in [1.54, 1.807) is 6.92 Å².